The maximum atomic E-state index is 13.7. The smallest absolute Gasteiger partial charge is 0.217 e. The second-order valence-electron chi connectivity index (χ2n) is 4.80. The average molecular weight is 377 g/mol. The largest absolute Gasteiger partial charge is 0.370 e. The van der Waals surface area contributed by atoms with Crippen LogP contribution in [-0.2, 0) is 17.8 Å². The predicted octanol–water partition coefficient (Wildman–Crippen LogP) is 3.37. The highest BCUT2D eigenvalue weighted by molar-refractivity contribution is 9.10. The van der Waals surface area contributed by atoms with E-state index < -0.39 is 0 Å². The van der Waals surface area contributed by atoms with E-state index in [0.29, 0.717) is 36.2 Å². The Bertz CT molecular complexity index is 659. The third-order valence-electron chi connectivity index (χ3n) is 3.24. The van der Waals surface area contributed by atoms with Crippen molar-refractivity contribution in [2.75, 3.05) is 5.88 Å². The molecule has 7 heteroatoms. The third kappa shape index (κ3) is 3.95. The molecule has 0 saturated heterocycles. The van der Waals surface area contributed by atoms with Crippen LogP contribution in [-0.4, -0.2) is 21.3 Å². The summed E-state index contributed by atoms with van der Waals surface area (Å²) in [6, 6.07) is 3.14. The molecule has 4 nitrogen and oxygen atoms in total. The summed E-state index contributed by atoms with van der Waals surface area (Å²) >= 11 is 8.97. The summed E-state index contributed by atoms with van der Waals surface area (Å²) in [6.45, 7) is 0.664. The van der Waals surface area contributed by atoms with Gasteiger partial charge in [-0.05, 0) is 34.8 Å². The molecule has 0 fully saturated rings. The van der Waals surface area contributed by atoms with E-state index in [1.54, 1.807) is 6.07 Å². The molecule has 0 aliphatic carbocycles. The van der Waals surface area contributed by atoms with Crippen LogP contribution in [0.3, 0.4) is 0 Å². The number of nitrogens with two attached hydrogens (primary N) is 1. The predicted molar refractivity (Wildman–Crippen MR) is 84.9 cm³/mol. The molecule has 1 heterocycles. The van der Waals surface area contributed by atoms with E-state index >= 15 is 0 Å². The average Bonchev–Trinajstić information content (AvgIpc) is 2.73. The molecule has 1 amide bonds. The zero-order valence-electron chi connectivity index (χ0n) is 11.4. The van der Waals surface area contributed by atoms with E-state index in [4.69, 9.17) is 17.3 Å². The van der Waals surface area contributed by atoms with Crippen LogP contribution in [0, 0.1) is 5.82 Å². The van der Waals surface area contributed by atoms with Crippen LogP contribution >= 0.6 is 27.5 Å². The molecule has 1 aromatic carbocycles. The summed E-state index contributed by atoms with van der Waals surface area (Å²) in [4.78, 5) is 15.3. The molecule has 0 aliphatic heterocycles. The van der Waals surface area contributed by atoms with E-state index in [0.717, 1.165) is 23.3 Å². The van der Waals surface area contributed by atoms with Crippen molar-refractivity contribution in [3.63, 3.8) is 0 Å². The van der Waals surface area contributed by atoms with Crippen LogP contribution in [0.4, 0.5) is 4.39 Å². The first-order valence-electron chi connectivity index (χ1n) is 6.71. The first kappa shape index (κ1) is 16.2. The highest BCUT2D eigenvalue weighted by atomic mass is 79.9. The molecule has 21 heavy (non-hydrogen) atoms. The lowest BCUT2D eigenvalue weighted by molar-refractivity contribution is -0.118. The zero-order valence-corrected chi connectivity index (χ0v) is 13.8. The van der Waals surface area contributed by atoms with Gasteiger partial charge in [0.05, 0.1) is 15.5 Å². The Kier molecular flexibility index (Phi) is 5.58. The van der Waals surface area contributed by atoms with Crippen molar-refractivity contribution in [2.24, 2.45) is 5.73 Å². The van der Waals surface area contributed by atoms with Crippen LogP contribution in [0.25, 0.3) is 11.0 Å². The number of primary amides is 1. The molecule has 2 N–H and O–H groups in total. The van der Waals surface area contributed by atoms with Crippen molar-refractivity contribution in [3.8, 4) is 0 Å². The van der Waals surface area contributed by atoms with Crippen LogP contribution in [0.5, 0.6) is 0 Å². The van der Waals surface area contributed by atoms with Gasteiger partial charge in [0, 0.05) is 31.3 Å². The Morgan fingerprint density at radius 2 is 2.19 bits per heavy atom. The summed E-state index contributed by atoms with van der Waals surface area (Å²) in [5, 5.41) is 0. The number of halogens is 3. The minimum absolute atomic E-state index is 0.304. The van der Waals surface area contributed by atoms with Crippen LogP contribution in [0.1, 0.15) is 25.1 Å². The molecule has 0 bridgehead atoms. The number of aryl methyl sites for hydroxylation is 2. The number of carbonyl (C=O) groups excluding carboxylic acids is 1. The second kappa shape index (κ2) is 7.22. The van der Waals surface area contributed by atoms with Crippen molar-refractivity contribution in [1.82, 2.24) is 9.55 Å². The van der Waals surface area contributed by atoms with Gasteiger partial charge in [0.2, 0.25) is 5.91 Å². The minimum Gasteiger partial charge on any atom is -0.370 e. The van der Waals surface area contributed by atoms with E-state index in [1.165, 1.54) is 6.07 Å². The molecule has 0 saturated carbocycles. The van der Waals surface area contributed by atoms with Gasteiger partial charge < -0.3 is 10.3 Å². The lowest BCUT2D eigenvalue weighted by Gasteiger charge is -2.08. The SMILES string of the molecule is NC(=O)CCCCn1c(CCCl)nc2cc(Br)c(F)cc21. The van der Waals surface area contributed by atoms with Gasteiger partial charge in [-0.2, -0.15) is 0 Å². The fraction of sp³-hybridized carbons (Fsp3) is 0.429. The van der Waals surface area contributed by atoms with Crippen molar-refractivity contribution in [2.45, 2.75) is 32.2 Å². The monoisotopic (exact) mass is 375 g/mol. The molecule has 2 aromatic rings. The van der Waals surface area contributed by atoms with Gasteiger partial charge in [-0.1, -0.05) is 0 Å². The first-order valence-corrected chi connectivity index (χ1v) is 8.04. The number of hydrogen-bond donors (Lipinski definition) is 1. The van der Waals surface area contributed by atoms with Gasteiger partial charge in [0.15, 0.2) is 0 Å². The maximum Gasteiger partial charge on any atom is 0.217 e. The molecule has 1 aromatic heterocycles. The van der Waals surface area contributed by atoms with E-state index in [9.17, 15) is 9.18 Å². The molecule has 0 aliphatic rings. The number of aromatic nitrogens is 2. The summed E-state index contributed by atoms with van der Waals surface area (Å²) in [7, 11) is 0. The Morgan fingerprint density at radius 3 is 2.86 bits per heavy atom. The van der Waals surface area contributed by atoms with Crippen molar-refractivity contribution < 1.29 is 9.18 Å². The summed E-state index contributed by atoms with van der Waals surface area (Å²) in [5.74, 6) is 0.657. The third-order valence-corrected chi connectivity index (χ3v) is 4.04. The fourth-order valence-corrected chi connectivity index (χ4v) is 2.76. The number of rotatable bonds is 7. The molecular formula is C14H16BrClFN3O. The number of hydrogen-bond acceptors (Lipinski definition) is 2. The quantitative estimate of drug-likeness (QED) is 0.595. The molecule has 114 valence electrons. The minimum atomic E-state index is -0.321. The standard InChI is InChI=1S/C14H16BrClFN3O/c15-9-7-11-12(8-10(9)17)20(14(19-11)4-5-16)6-2-1-3-13(18)21/h7-8H,1-6H2,(H2,18,21). The molecule has 0 spiro atoms. The van der Waals surface area contributed by atoms with Crippen molar-refractivity contribution in [1.29, 1.82) is 0 Å². The van der Waals surface area contributed by atoms with Crippen molar-refractivity contribution in [3.05, 3.63) is 28.2 Å². The molecule has 0 atom stereocenters. The van der Waals surface area contributed by atoms with Crippen LogP contribution < -0.4 is 5.73 Å². The number of amides is 1. The number of imidazole rings is 1. The highest BCUT2D eigenvalue weighted by Gasteiger charge is 2.13. The zero-order chi connectivity index (χ0) is 15.4. The second-order valence-corrected chi connectivity index (χ2v) is 6.03. The molecule has 0 unspecified atom stereocenters. The van der Waals surface area contributed by atoms with Crippen LogP contribution in [0.15, 0.2) is 16.6 Å². The molecular weight excluding hydrogens is 361 g/mol. The topological polar surface area (TPSA) is 60.9 Å². The number of alkyl halides is 1. The maximum absolute atomic E-state index is 13.7. The number of fused-ring (bicyclic) bond motifs is 1. The lowest BCUT2D eigenvalue weighted by atomic mass is 10.2. The van der Waals surface area contributed by atoms with Crippen LogP contribution in [0.2, 0.25) is 0 Å². The van der Waals surface area contributed by atoms with E-state index in [-0.39, 0.29) is 11.7 Å². The molecule has 2 rings (SSSR count). The van der Waals surface area contributed by atoms with Gasteiger partial charge in [-0.3, -0.25) is 4.79 Å². The summed E-state index contributed by atoms with van der Waals surface area (Å²) in [5.41, 5.74) is 6.61. The Morgan fingerprint density at radius 1 is 1.43 bits per heavy atom. The number of benzene rings is 1. The lowest BCUT2D eigenvalue weighted by Crippen LogP contribution is -2.11. The number of carbonyl (C=O) groups is 1. The van der Waals surface area contributed by atoms with Crippen molar-refractivity contribution >= 4 is 44.5 Å². The summed E-state index contributed by atoms with van der Waals surface area (Å²) in [6.07, 6.45) is 2.46. The van der Waals surface area contributed by atoms with Gasteiger partial charge >= 0.3 is 0 Å². The first-order chi connectivity index (χ1) is 10.0. The highest BCUT2D eigenvalue weighted by Crippen LogP contribution is 2.25. The fourth-order valence-electron chi connectivity index (χ4n) is 2.26. The van der Waals surface area contributed by atoms with E-state index in [1.807, 2.05) is 4.57 Å². The Hall–Kier alpha value is -1.14. The Labute approximate surface area is 135 Å². The Balaban J connectivity index is 2.27. The number of nitrogens with zero attached hydrogens (tertiary/aromatic N) is 2. The van der Waals surface area contributed by atoms with Gasteiger partial charge in [0.25, 0.3) is 0 Å². The summed E-state index contributed by atoms with van der Waals surface area (Å²) < 4.78 is 16.1. The van der Waals surface area contributed by atoms with Gasteiger partial charge in [-0.25, -0.2) is 9.37 Å². The number of unbranched alkanes of at least 4 members (excludes halogenated alkanes) is 1. The van der Waals surface area contributed by atoms with Gasteiger partial charge in [0.1, 0.15) is 11.6 Å². The van der Waals surface area contributed by atoms with E-state index in [2.05, 4.69) is 20.9 Å². The van der Waals surface area contributed by atoms with Gasteiger partial charge in [-0.15, -0.1) is 11.6 Å². The molecule has 0 radical (unpaired) electrons. The normalized spacial score (nSPS) is 11.2.